The molecule has 5 nitrogen and oxygen atoms in total. The molecule has 0 amide bonds. The van der Waals surface area contributed by atoms with Crippen molar-refractivity contribution in [1.29, 1.82) is 0 Å². The van der Waals surface area contributed by atoms with Gasteiger partial charge in [-0.1, -0.05) is 29.8 Å². The highest BCUT2D eigenvalue weighted by Gasteiger charge is 2.30. The van der Waals surface area contributed by atoms with Crippen molar-refractivity contribution in [1.82, 2.24) is 4.98 Å². The number of methoxy groups -OCH3 is 1. The molecule has 9 heteroatoms. The average molecular weight is 494 g/mol. The highest BCUT2D eigenvalue weighted by Crippen LogP contribution is 2.33. The first-order valence-corrected chi connectivity index (χ1v) is 9.94. The number of nitrogens with one attached hydrogen (secondary N) is 1. The molecule has 0 saturated heterocycles. The monoisotopic (exact) mass is 493 g/mol. The summed E-state index contributed by atoms with van der Waals surface area (Å²) >= 11 is 3.47. The zero-order valence-corrected chi connectivity index (χ0v) is 18.3. The molecule has 2 aromatic carbocycles. The lowest BCUT2D eigenvalue weighted by atomic mass is 10.1. The molecule has 0 fully saturated rings. The van der Waals surface area contributed by atoms with Crippen LogP contribution in [0.1, 0.15) is 22.3 Å². The van der Waals surface area contributed by atoms with Crippen molar-refractivity contribution in [2.45, 2.75) is 19.7 Å². The average Bonchev–Trinajstić information content (AvgIpc) is 2.73. The van der Waals surface area contributed by atoms with Crippen LogP contribution in [0.2, 0.25) is 0 Å². The van der Waals surface area contributed by atoms with Gasteiger partial charge in [-0.2, -0.15) is 18.3 Å². The number of aromatic nitrogens is 1. The number of hydrogen-bond donors (Lipinski definition) is 1. The van der Waals surface area contributed by atoms with Gasteiger partial charge in [0.05, 0.1) is 18.9 Å². The minimum absolute atomic E-state index is 0.186. The molecule has 1 N–H and O–H groups in total. The van der Waals surface area contributed by atoms with Crippen LogP contribution >= 0.6 is 15.9 Å². The van der Waals surface area contributed by atoms with Crippen LogP contribution in [0, 0.1) is 6.92 Å². The Kier molecular flexibility index (Phi) is 7.17. The third-order valence-electron chi connectivity index (χ3n) is 4.23. The summed E-state index contributed by atoms with van der Waals surface area (Å²) in [5.41, 5.74) is 4.65. The molecule has 0 unspecified atom stereocenters. The Morgan fingerprint density at radius 1 is 1.13 bits per heavy atom. The molecule has 3 aromatic rings. The first-order valence-electron chi connectivity index (χ1n) is 9.14. The summed E-state index contributed by atoms with van der Waals surface area (Å²) in [7, 11) is 1.54. The summed E-state index contributed by atoms with van der Waals surface area (Å²) in [6, 6.07) is 13.7. The fourth-order valence-electron chi connectivity index (χ4n) is 2.68. The van der Waals surface area contributed by atoms with E-state index in [2.05, 4.69) is 31.4 Å². The lowest BCUT2D eigenvalue weighted by molar-refractivity contribution is -0.137. The van der Waals surface area contributed by atoms with Gasteiger partial charge in [-0.05, 0) is 52.7 Å². The quantitative estimate of drug-likeness (QED) is 0.314. The zero-order valence-electron chi connectivity index (χ0n) is 16.7. The van der Waals surface area contributed by atoms with E-state index in [1.165, 1.54) is 19.4 Å². The largest absolute Gasteiger partial charge is 0.493 e. The molecule has 0 aliphatic heterocycles. The van der Waals surface area contributed by atoms with Gasteiger partial charge in [0.2, 0.25) is 0 Å². The second kappa shape index (κ2) is 9.82. The van der Waals surface area contributed by atoms with Crippen molar-refractivity contribution in [3.8, 4) is 11.5 Å². The maximum atomic E-state index is 12.6. The number of hydrazone groups is 1. The molecular formula is C22H19BrF3N3O2. The van der Waals surface area contributed by atoms with Crippen molar-refractivity contribution in [3.63, 3.8) is 0 Å². The second-order valence-corrected chi connectivity index (χ2v) is 7.46. The SMILES string of the molecule is COc1cc(/C=N\Nc2ccc(C(F)(F)F)cn2)c(Br)cc1OCc1cccc(C)c1. The number of nitrogens with zero attached hydrogens (tertiary/aromatic N) is 2. The molecule has 0 aliphatic rings. The van der Waals surface area contributed by atoms with Crippen molar-refractivity contribution < 1.29 is 22.6 Å². The van der Waals surface area contributed by atoms with Crippen LogP contribution in [0.15, 0.2) is 64.3 Å². The standard InChI is InChI=1S/C22H19BrF3N3O2/c1-14-4-3-5-15(8-14)13-31-20-10-18(23)16(9-19(20)30-2)11-28-29-21-7-6-17(12-27-21)22(24,25)26/h3-12H,13H2,1-2H3,(H,27,29)/b28-11-. The van der Waals surface area contributed by atoms with Crippen LogP contribution in [0.5, 0.6) is 11.5 Å². The van der Waals surface area contributed by atoms with E-state index in [0.29, 0.717) is 28.1 Å². The van der Waals surface area contributed by atoms with Gasteiger partial charge in [0.15, 0.2) is 11.5 Å². The van der Waals surface area contributed by atoms with Gasteiger partial charge in [-0.25, -0.2) is 4.98 Å². The van der Waals surface area contributed by atoms with Crippen molar-refractivity contribution in [3.05, 3.63) is 81.5 Å². The molecule has 31 heavy (non-hydrogen) atoms. The van der Waals surface area contributed by atoms with Gasteiger partial charge >= 0.3 is 6.18 Å². The number of alkyl halides is 3. The van der Waals surface area contributed by atoms with E-state index in [1.807, 2.05) is 31.2 Å². The number of pyridine rings is 1. The second-order valence-electron chi connectivity index (χ2n) is 6.60. The van der Waals surface area contributed by atoms with Crippen LogP contribution in [-0.4, -0.2) is 18.3 Å². The molecule has 0 saturated carbocycles. The Hall–Kier alpha value is -3.07. The van der Waals surface area contributed by atoms with Gasteiger partial charge in [0.25, 0.3) is 0 Å². The van der Waals surface area contributed by atoms with E-state index in [-0.39, 0.29) is 5.82 Å². The number of halogens is 4. The molecule has 0 bridgehead atoms. The first kappa shape index (κ1) is 22.6. The summed E-state index contributed by atoms with van der Waals surface area (Å²) in [4.78, 5) is 3.70. The van der Waals surface area contributed by atoms with E-state index >= 15 is 0 Å². The summed E-state index contributed by atoms with van der Waals surface area (Å²) in [6.07, 6.45) is -2.19. The van der Waals surface area contributed by atoms with E-state index in [0.717, 1.165) is 23.4 Å². The van der Waals surface area contributed by atoms with Crippen LogP contribution in [-0.2, 0) is 12.8 Å². The molecule has 0 atom stereocenters. The maximum absolute atomic E-state index is 12.6. The minimum Gasteiger partial charge on any atom is -0.493 e. The van der Waals surface area contributed by atoms with Gasteiger partial charge in [-0.3, -0.25) is 5.43 Å². The zero-order chi connectivity index (χ0) is 22.4. The Bertz CT molecular complexity index is 1070. The van der Waals surface area contributed by atoms with Gasteiger partial charge in [-0.15, -0.1) is 0 Å². The van der Waals surface area contributed by atoms with Crippen molar-refractivity contribution >= 4 is 28.0 Å². The molecule has 3 rings (SSSR count). The topological polar surface area (TPSA) is 55.7 Å². The van der Waals surface area contributed by atoms with Crippen molar-refractivity contribution in [2.24, 2.45) is 5.10 Å². The number of hydrogen-bond acceptors (Lipinski definition) is 5. The Morgan fingerprint density at radius 2 is 1.94 bits per heavy atom. The van der Waals surface area contributed by atoms with Crippen LogP contribution in [0.3, 0.4) is 0 Å². The van der Waals surface area contributed by atoms with E-state index in [9.17, 15) is 13.2 Å². The predicted molar refractivity (Wildman–Crippen MR) is 117 cm³/mol. The normalized spacial score (nSPS) is 11.5. The van der Waals surface area contributed by atoms with Crippen LogP contribution in [0.25, 0.3) is 0 Å². The smallest absolute Gasteiger partial charge is 0.417 e. The van der Waals surface area contributed by atoms with E-state index in [4.69, 9.17) is 9.47 Å². The van der Waals surface area contributed by atoms with Crippen molar-refractivity contribution in [2.75, 3.05) is 12.5 Å². The van der Waals surface area contributed by atoms with Gasteiger partial charge in [0.1, 0.15) is 12.4 Å². The maximum Gasteiger partial charge on any atom is 0.417 e. The fourth-order valence-corrected chi connectivity index (χ4v) is 3.11. The summed E-state index contributed by atoms with van der Waals surface area (Å²) in [5, 5.41) is 4.03. The Balaban J connectivity index is 1.69. The minimum atomic E-state index is -4.43. The molecule has 1 aromatic heterocycles. The molecular weight excluding hydrogens is 475 g/mol. The van der Waals surface area contributed by atoms with Crippen LogP contribution < -0.4 is 14.9 Å². The highest BCUT2D eigenvalue weighted by molar-refractivity contribution is 9.10. The first-order chi connectivity index (χ1) is 14.8. The lowest BCUT2D eigenvalue weighted by Crippen LogP contribution is -2.05. The Morgan fingerprint density at radius 3 is 2.58 bits per heavy atom. The third kappa shape index (κ3) is 6.21. The summed E-state index contributed by atoms with van der Waals surface area (Å²) in [6.45, 7) is 2.40. The lowest BCUT2D eigenvalue weighted by Gasteiger charge is -2.13. The Labute approximate surface area is 186 Å². The van der Waals surface area contributed by atoms with E-state index in [1.54, 1.807) is 12.1 Å². The fraction of sp³-hybridized carbons (Fsp3) is 0.182. The molecule has 0 aliphatic carbocycles. The number of ether oxygens (including phenoxy) is 2. The summed E-state index contributed by atoms with van der Waals surface area (Å²) < 4.78 is 49.8. The van der Waals surface area contributed by atoms with Gasteiger partial charge < -0.3 is 9.47 Å². The molecule has 1 heterocycles. The highest BCUT2D eigenvalue weighted by atomic mass is 79.9. The van der Waals surface area contributed by atoms with Gasteiger partial charge in [0, 0.05) is 16.2 Å². The van der Waals surface area contributed by atoms with E-state index < -0.39 is 11.7 Å². The molecule has 0 spiro atoms. The molecule has 162 valence electrons. The number of benzene rings is 2. The van der Waals surface area contributed by atoms with Crippen LogP contribution in [0.4, 0.5) is 19.0 Å². The number of anilines is 1. The number of rotatable bonds is 7. The predicted octanol–water partition coefficient (Wildman–Crippen LogP) is 6.20. The number of aryl methyl sites for hydroxylation is 1. The summed E-state index contributed by atoms with van der Waals surface area (Å²) in [5.74, 6) is 1.26. The third-order valence-corrected chi connectivity index (χ3v) is 4.92. The molecule has 0 radical (unpaired) electrons.